The van der Waals surface area contributed by atoms with Crippen LogP contribution in [0.15, 0.2) is 53.6 Å². The lowest BCUT2D eigenvalue weighted by atomic mass is 9.93. The van der Waals surface area contributed by atoms with E-state index in [9.17, 15) is 19.2 Å². The molecule has 0 spiro atoms. The van der Waals surface area contributed by atoms with E-state index in [0.717, 1.165) is 48.5 Å². The Morgan fingerprint density at radius 2 is 1.54 bits per heavy atom. The second kappa shape index (κ2) is 26.3. The molecule has 2 aromatic rings. The first-order valence-corrected chi connectivity index (χ1v) is 23.9. The Hall–Kier alpha value is -3.69. The molecule has 14 heteroatoms. The van der Waals surface area contributed by atoms with Crippen LogP contribution < -0.4 is 10.6 Å². The van der Waals surface area contributed by atoms with E-state index in [1.807, 2.05) is 102 Å². The summed E-state index contributed by atoms with van der Waals surface area (Å²) in [6.45, 7) is 20.3. The molecule has 2 N–H and O–H groups in total. The number of hydrogen-bond acceptors (Lipinski definition) is 10. The molecule has 63 heavy (non-hydrogen) atoms. The van der Waals surface area contributed by atoms with Crippen LogP contribution in [-0.4, -0.2) is 146 Å². The Bertz CT molecular complexity index is 1720. The maximum Gasteiger partial charge on any atom is 0.245 e. The summed E-state index contributed by atoms with van der Waals surface area (Å²) < 4.78 is 12.1. The summed E-state index contributed by atoms with van der Waals surface area (Å²) in [5.74, 6) is -1.46. The van der Waals surface area contributed by atoms with Crippen LogP contribution in [0.1, 0.15) is 111 Å². The van der Waals surface area contributed by atoms with Crippen LogP contribution in [0, 0.1) is 17.8 Å². The van der Waals surface area contributed by atoms with Crippen molar-refractivity contribution in [1.29, 1.82) is 0 Å². The summed E-state index contributed by atoms with van der Waals surface area (Å²) in [6, 6.07) is 8.08. The van der Waals surface area contributed by atoms with Crippen LogP contribution in [0.25, 0.3) is 0 Å². The minimum absolute atomic E-state index is 0.00651. The fraction of sp³-hybridized carbons (Fsp3) is 0.694. The molecule has 1 aliphatic heterocycles. The molecule has 354 valence electrons. The lowest BCUT2D eigenvalue weighted by Crippen LogP contribution is -2.59. The topological polar surface area (TPSA) is 137 Å². The van der Waals surface area contributed by atoms with Crippen LogP contribution in [0.4, 0.5) is 0 Å². The van der Waals surface area contributed by atoms with Crippen molar-refractivity contribution in [3.05, 3.63) is 64.1 Å². The summed E-state index contributed by atoms with van der Waals surface area (Å²) in [4.78, 5) is 69.5. The van der Waals surface area contributed by atoms with Crippen LogP contribution in [0.2, 0.25) is 0 Å². The number of nitrogens with zero attached hydrogens (tertiary/aromatic N) is 5. The van der Waals surface area contributed by atoms with Gasteiger partial charge in [0.25, 0.3) is 0 Å². The highest BCUT2D eigenvalue weighted by atomic mass is 32.1. The summed E-state index contributed by atoms with van der Waals surface area (Å²) in [5, 5.41) is 9.12. The van der Waals surface area contributed by atoms with Gasteiger partial charge in [-0.15, -0.1) is 11.3 Å². The van der Waals surface area contributed by atoms with Crippen LogP contribution >= 0.6 is 11.3 Å². The van der Waals surface area contributed by atoms with Gasteiger partial charge in [-0.2, -0.15) is 0 Å². The number of nitrogens with one attached hydrogen (secondary N) is 2. The van der Waals surface area contributed by atoms with E-state index in [-0.39, 0.29) is 54.0 Å². The molecular weight excluding hydrogens is 815 g/mol. The van der Waals surface area contributed by atoms with Crippen molar-refractivity contribution in [2.75, 3.05) is 55.0 Å². The standard InChI is InChI=1S/C49H81N7O6S/c1-15-35(8)44(55(12)49(60)42(32(2)3)52-47(59)43(33(4)5)54(11)27-20-19-26-53(10)34(6)7)40(61-13)31-41(57)56-28-21-24-39(56)45(62-14)36(9)46(58)51-38(48-50-25-29-63-48)30-37-22-17-16-18-23-37/h15-18,22-23,25,29,32-34,36,38-40,42-45H,19-21,24,26-28,30-31H2,1-14H3,(H,51,58)(H,52,59)/b35-15-/t36-,38+,39+,40-,42+,43+,44+,45-/m1/s1. The predicted molar refractivity (Wildman–Crippen MR) is 254 cm³/mol. The third-order valence-electron chi connectivity index (χ3n) is 13.0. The van der Waals surface area contributed by atoms with Crippen molar-refractivity contribution in [2.24, 2.45) is 17.8 Å². The number of carbonyl (C=O) groups excluding carboxylic acids is 4. The molecule has 0 unspecified atom stereocenters. The lowest BCUT2D eigenvalue weighted by molar-refractivity contribution is -0.145. The van der Waals surface area contributed by atoms with Gasteiger partial charge < -0.3 is 34.8 Å². The fourth-order valence-corrected chi connectivity index (χ4v) is 9.61. The molecule has 3 rings (SSSR count). The number of carbonyl (C=O) groups is 4. The first-order valence-electron chi connectivity index (χ1n) is 23.1. The van der Waals surface area contributed by atoms with Crippen molar-refractivity contribution in [3.8, 4) is 0 Å². The molecule has 0 saturated carbocycles. The van der Waals surface area contributed by atoms with Gasteiger partial charge in [0.2, 0.25) is 23.6 Å². The first kappa shape index (κ1) is 53.6. The van der Waals surface area contributed by atoms with Crippen molar-refractivity contribution in [3.63, 3.8) is 0 Å². The normalized spacial score (nSPS) is 18.1. The second-order valence-electron chi connectivity index (χ2n) is 18.5. The Kier molecular flexibility index (Phi) is 22.4. The van der Waals surface area contributed by atoms with E-state index in [2.05, 4.69) is 46.3 Å². The Morgan fingerprint density at radius 1 is 0.889 bits per heavy atom. The number of aromatic nitrogens is 1. The summed E-state index contributed by atoms with van der Waals surface area (Å²) in [7, 11) is 9.02. The number of likely N-dealkylation sites (N-methyl/N-ethyl adjacent to an activating group) is 2. The lowest BCUT2D eigenvalue weighted by Gasteiger charge is -2.39. The smallest absolute Gasteiger partial charge is 0.245 e. The molecule has 2 heterocycles. The molecule has 1 aromatic carbocycles. The Balaban J connectivity index is 1.76. The van der Waals surface area contributed by atoms with Gasteiger partial charge in [-0.05, 0) is 104 Å². The molecule has 1 aliphatic rings. The maximum absolute atomic E-state index is 14.6. The average molecular weight is 896 g/mol. The number of amides is 4. The van der Waals surface area contributed by atoms with Crippen molar-refractivity contribution >= 4 is 35.0 Å². The molecule has 8 atom stereocenters. The van der Waals surface area contributed by atoms with Crippen molar-refractivity contribution in [2.45, 2.75) is 149 Å². The number of allylic oxidation sites excluding steroid dienone is 1. The van der Waals surface area contributed by atoms with E-state index >= 15 is 0 Å². The van der Waals surface area contributed by atoms with Gasteiger partial charge in [-0.3, -0.25) is 24.1 Å². The third kappa shape index (κ3) is 15.2. The SMILES string of the molecule is C/C=C(/C)[C@@H]([C@@H](CC(=O)N1CCC[C@H]1[C@H](OC)[C@@H](C)C(=O)N[C@@H](Cc1ccccc1)c1nccs1)OC)N(C)C(=O)[C@@H](NC(=O)[C@H](C(C)C)N(C)CCCCN(C)C(C)C)C(C)C. The zero-order chi connectivity index (χ0) is 47.0. The Labute approximate surface area is 383 Å². The van der Waals surface area contributed by atoms with E-state index in [1.54, 1.807) is 32.4 Å². The van der Waals surface area contributed by atoms with Gasteiger partial charge in [-0.1, -0.05) is 76.6 Å². The Morgan fingerprint density at radius 3 is 2.08 bits per heavy atom. The van der Waals surface area contributed by atoms with Gasteiger partial charge in [-0.25, -0.2) is 4.98 Å². The zero-order valence-corrected chi connectivity index (χ0v) is 41.7. The van der Waals surface area contributed by atoms with Gasteiger partial charge in [0, 0.05) is 45.4 Å². The molecule has 0 radical (unpaired) electrons. The minimum Gasteiger partial charge on any atom is -0.378 e. The van der Waals surface area contributed by atoms with Crippen LogP contribution in [-0.2, 0) is 35.1 Å². The van der Waals surface area contributed by atoms with Crippen molar-refractivity contribution in [1.82, 2.24) is 35.2 Å². The molecule has 4 amide bonds. The number of thiazole rings is 1. The summed E-state index contributed by atoms with van der Waals surface area (Å²) in [6.07, 6.45) is 6.49. The molecule has 1 saturated heterocycles. The molecule has 0 bridgehead atoms. The fourth-order valence-electron chi connectivity index (χ4n) is 8.92. The van der Waals surface area contributed by atoms with Gasteiger partial charge in [0.15, 0.2) is 0 Å². The minimum atomic E-state index is -0.793. The van der Waals surface area contributed by atoms with Crippen LogP contribution in [0.3, 0.4) is 0 Å². The number of hydrogen-bond donors (Lipinski definition) is 2. The van der Waals surface area contributed by atoms with E-state index in [4.69, 9.17) is 9.47 Å². The van der Waals surface area contributed by atoms with Gasteiger partial charge in [0.1, 0.15) is 11.0 Å². The summed E-state index contributed by atoms with van der Waals surface area (Å²) in [5.41, 5.74) is 1.96. The predicted octanol–water partition coefficient (Wildman–Crippen LogP) is 6.60. The highest BCUT2D eigenvalue weighted by molar-refractivity contribution is 7.09. The number of methoxy groups -OCH3 is 2. The van der Waals surface area contributed by atoms with E-state index < -0.39 is 36.3 Å². The number of benzene rings is 1. The molecule has 1 aromatic heterocycles. The average Bonchev–Trinajstić information content (AvgIpc) is 3.97. The largest absolute Gasteiger partial charge is 0.378 e. The third-order valence-corrected chi connectivity index (χ3v) is 13.9. The van der Waals surface area contributed by atoms with Gasteiger partial charge >= 0.3 is 0 Å². The van der Waals surface area contributed by atoms with E-state index in [1.165, 1.54) is 11.3 Å². The number of likely N-dealkylation sites (tertiary alicyclic amines) is 1. The van der Waals surface area contributed by atoms with Crippen LogP contribution in [0.5, 0.6) is 0 Å². The second-order valence-corrected chi connectivity index (χ2v) is 19.4. The monoisotopic (exact) mass is 896 g/mol. The van der Waals surface area contributed by atoms with E-state index in [0.29, 0.717) is 25.4 Å². The molecule has 1 fully saturated rings. The zero-order valence-electron chi connectivity index (χ0n) is 40.9. The quantitative estimate of drug-likeness (QED) is 0.0791. The maximum atomic E-state index is 14.6. The number of ether oxygens (including phenoxy) is 2. The van der Waals surface area contributed by atoms with Gasteiger partial charge in [0.05, 0.1) is 48.7 Å². The first-order chi connectivity index (χ1) is 29.9. The molecule has 13 nitrogen and oxygen atoms in total. The highest BCUT2D eigenvalue weighted by Gasteiger charge is 2.43. The number of unbranched alkanes of at least 4 members (excludes halogenated alkanes) is 1. The molecular formula is C49H81N7O6S. The molecule has 0 aliphatic carbocycles. The van der Waals surface area contributed by atoms with Crippen molar-refractivity contribution < 1.29 is 28.7 Å². The number of rotatable bonds is 26. The summed E-state index contributed by atoms with van der Waals surface area (Å²) >= 11 is 1.51. The highest BCUT2D eigenvalue weighted by Crippen LogP contribution is 2.30.